The molecule has 0 atom stereocenters. The maximum Gasteiger partial charge on any atom is 0.319 e. The number of hydrogen-bond donors (Lipinski definition) is 0. The van der Waals surface area contributed by atoms with E-state index in [4.69, 9.17) is 4.74 Å². The molecule has 2 fully saturated rings. The van der Waals surface area contributed by atoms with Crippen molar-refractivity contribution in [2.24, 2.45) is 17.3 Å². The van der Waals surface area contributed by atoms with E-state index < -0.39 is 5.41 Å². The van der Waals surface area contributed by atoms with Crippen molar-refractivity contribution in [2.45, 2.75) is 52.4 Å². The molecule has 3 heteroatoms. The second-order valence-corrected chi connectivity index (χ2v) is 5.50. The zero-order chi connectivity index (χ0) is 12.5. The predicted octanol–water partition coefficient (Wildman–Crippen LogP) is 2.73. The average Bonchev–Trinajstić information content (AvgIpc) is 3.05. The smallest absolute Gasteiger partial charge is 0.319 e. The van der Waals surface area contributed by atoms with Crippen LogP contribution in [0.15, 0.2) is 0 Å². The standard InChI is InChI=1S/C14H22O3/c1-3-5-10-8-14(9-10,13(16)17-4-2)12(15)11-6-7-11/h10-11H,3-9H2,1-2H3. The Hall–Kier alpha value is -0.860. The average molecular weight is 238 g/mol. The minimum Gasteiger partial charge on any atom is -0.465 e. The van der Waals surface area contributed by atoms with Crippen molar-refractivity contribution in [1.82, 2.24) is 0 Å². The second kappa shape index (κ2) is 4.79. The number of hydrogen-bond acceptors (Lipinski definition) is 3. The van der Waals surface area contributed by atoms with Gasteiger partial charge in [0.2, 0.25) is 0 Å². The van der Waals surface area contributed by atoms with Crippen molar-refractivity contribution in [3.8, 4) is 0 Å². The van der Waals surface area contributed by atoms with Gasteiger partial charge in [-0.25, -0.2) is 0 Å². The molecule has 2 aliphatic rings. The van der Waals surface area contributed by atoms with Gasteiger partial charge in [0, 0.05) is 5.92 Å². The Kier molecular flexibility index (Phi) is 3.55. The molecular weight excluding hydrogens is 216 g/mol. The zero-order valence-corrected chi connectivity index (χ0v) is 10.8. The van der Waals surface area contributed by atoms with Gasteiger partial charge >= 0.3 is 5.97 Å². The van der Waals surface area contributed by atoms with Crippen molar-refractivity contribution < 1.29 is 14.3 Å². The maximum atomic E-state index is 12.3. The molecule has 0 amide bonds. The third-order valence-corrected chi connectivity index (χ3v) is 4.06. The van der Waals surface area contributed by atoms with Crippen molar-refractivity contribution >= 4 is 11.8 Å². The summed E-state index contributed by atoms with van der Waals surface area (Å²) >= 11 is 0. The quantitative estimate of drug-likeness (QED) is 0.528. The molecule has 0 spiro atoms. The number of rotatable bonds is 6. The van der Waals surface area contributed by atoms with Gasteiger partial charge in [0.05, 0.1) is 6.61 Å². The number of carbonyl (C=O) groups excluding carboxylic acids is 2. The molecule has 0 aromatic heterocycles. The Morgan fingerprint density at radius 1 is 1.24 bits per heavy atom. The van der Waals surface area contributed by atoms with Crippen LogP contribution < -0.4 is 0 Å². The van der Waals surface area contributed by atoms with Gasteiger partial charge in [0.15, 0.2) is 5.78 Å². The van der Waals surface area contributed by atoms with E-state index in [1.807, 2.05) is 0 Å². The van der Waals surface area contributed by atoms with Crippen LogP contribution in [0.2, 0.25) is 0 Å². The molecule has 3 nitrogen and oxygen atoms in total. The van der Waals surface area contributed by atoms with Gasteiger partial charge in [-0.15, -0.1) is 0 Å². The highest BCUT2D eigenvalue weighted by Gasteiger charge is 2.59. The molecule has 0 N–H and O–H groups in total. The molecule has 0 aromatic rings. The summed E-state index contributed by atoms with van der Waals surface area (Å²) in [6.45, 7) is 4.32. The fourth-order valence-electron chi connectivity index (χ4n) is 3.01. The van der Waals surface area contributed by atoms with Crippen LogP contribution in [-0.2, 0) is 14.3 Å². The summed E-state index contributed by atoms with van der Waals surface area (Å²) < 4.78 is 5.11. The van der Waals surface area contributed by atoms with Crippen LogP contribution in [0, 0.1) is 17.3 Å². The first-order chi connectivity index (χ1) is 8.14. The largest absolute Gasteiger partial charge is 0.465 e. The van der Waals surface area contributed by atoms with E-state index in [0.29, 0.717) is 12.5 Å². The van der Waals surface area contributed by atoms with Crippen molar-refractivity contribution in [3.05, 3.63) is 0 Å². The second-order valence-electron chi connectivity index (χ2n) is 5.50. The molecule has 17 heavy (non-hydrogen) atoms. The number of esters is 1. The summed E-state index contributed by atoms with van der Waals surface area (Å²) in [5, 5.41) is 0. The summed E-state index contributed by atoms with van der Waals surface area (Å²) in [4.78, 5) is 24.3. The molecule has 0 saturated heterocycles. The first kappa shape index (κ1) is 12.6. The minimum atomic E-state index is -0.753. The molecule has 0 aliphatic heterocycles. The van der Waals surface area contributed by atoms with Gasteiger partial charge in [-0.3, -0.25) is 9.59 Å². The molecule has 2 saturated carbocycles. The Morgan fingerprint density at radius 3 is 2.35 bits per heavy atom. The van der Waals surface area contributed by atoms with E-state index in [2.05, 4.69) is 6.92 Å². The highest BCUT2D eigenvalue weighted by Crippen LogP contribution is 2.53. The van der Waals surface area contributed by atoms with E-state index in [1.54, 1.807) is 6.92 Å². The van der Waals surface area contributed by atoms with E-state index in [9.17, 15) is 9.59 Å². The van der Waals surface area contributed by atoms with Gasteiger partial charge in [0.25, 0.3) is 0 Å². The Labute approximate surface area is 103 Å². The van der Waals surface area contributed by atoms with Crippen LogP contribution in [-0.4, -0.2) is 18.4 Å². The van der Waals surface area contributed by atoms with Gasteiger partial charge in [-0.2, -0.15) is 0 Å². The van der Waals surface area contributed by atoms with Crippen molar-refractivity contribution in [2.75, 3.05) is 6.61 Å². The summed E-state index contributed by atoms with van der Waals surface area (Å²) in [7, 11) is 0. The first-order valence-corrected chi connectivity index (χ1v) is 6.85. The summed E-state index contributed by atoms with van der Waals surface area (Å²) in [6, 6.07) is 0. The minimum absolute atomic E-state index is 0.155. The van der Waals surface area contributed by atoms with Crippen LogP contribution in [0.25, 0.3) is 0 Å². The lowest BCUT2D eigenvalue weighted by molar-refractivity contribution is -0.171. The molecule has 0 aromatic carbocycles. The van der Waals surface area contributed by atoms with Gasteiger partial charge < -0.3 is 4.74 Å². The van der Waals surface area contributed by atoms with Crippen molar-refractivity contribution in [3.63, 3.8) is 0 Å². The normalized spacial score (nSPS) is 31.8. The molecule has 0 heterocycles. The lowest BCUT2D eigenvalue weighted by Gasteiger charge is -2.44. The number of Topliss-reactive ketones (excluding diaryl/α,β-unsaturated/α-hetero) is 1. The number of ketones is 1. The summed E-state index contributed by atoms with van der Waals surface area (Å²) in [5.41, 5.74) is -0.753. The van der Waals surface area contributed by atoms with Crippen LogP contribution in [0.3, 0.4) is 0 Å². The Bertz CT molecular complexity index is 311. The molecule has 2 rings (SSSR count). The molecular formula is C14H22O3. The lowest BCUT2D eigenvalue weighted by Crippen LogP contribution is -2.51. The first-order valence-electron chi connectivity index (χ1n) is 6.85. The van der Waals surface area contributed by atoms with E-state index in [-0.39, 0.29) is 17.7 Å². The van der Waals surface area contributed by atoms with Crippen LogP contribution in [0.1, 0.15) is 52.4 Å². The summed E-state index contributed by atoms with van der Waals surface area (Å²) in [6.07, 6.45) is 5.65. The van der Waals surface area contributed by atoms with E-state index >= 15 is 0 Å². The monoisotopic (exact) mass is 238 g/mol. The van der Waals surface area contributed by atoms with E-state index in [0.717, 1.165) is 38.5 Å². The van der Waals surface area contributed by atoms with Crippen molar-refractivity contribution in [1.29, 1.82) is 0 Å². The molecule has 2 aliphatic carbocycles. The van der Waals surface area contributed by atoms with Crippen LogP contribution >= 0.6 is 0 Å². The fourth-order valence-corrected chi connectivity index (χ4v) is 3.01. The zero-order valence-electron chi connectivity index (χ0n) is 10.8. The maximum absolute atomic E-state index is 12.3. The number of carbonyl (C=O) groups is 2. The highest BCUT2D eigenvalue weighted by molar-refractivity contribution is 6.06. The fraction of sp³-hybridized carbons (Fsp3) is 0.857. The highest BCUT2D eigenvalue weighted by atomic mass is 16.5. The predicted molar refractivity (Wildman–Crippen MR) is 64.4 cm³/mol. The lowest BCUT2D eigenvalue weighted by atomic mass is 9.58. The molecule has 96 valence electrons. The van der Waals surface area contributed by atoms with Crippen LogP contribution in [0.4, 0.5) is 0 Å². The molecule has 0 unspecified atom stereocenters. The van der Waals surface area contributed by atoms with Gasteiger partial charge in [-0.1, -0.05) is 19.8 Å². The van der Waals surface area contributed by atoms with Gasteiger partial charge in [-0.05, 0) is 38.5 Å². The molecule has 0 radical (unpaired) electrons. The van der Waals surface area contributed by atoms with Gasteiger partial charge in [0.1, 0.15) is 5.41 Å². The third kappa shape index (κ3) is 2.24. The topological polar surface area (TPSA) is 43.4 Å². The Morgan fingerprint density at radius 2 is 1.88 bits per heavy atom. The SMILES string of the molecule is CCCC1CC(C(=O)OCC)(C(=O)C2CC2)C1. The summed E-state index contributed by atoms with van der Waals surface area (Å²) in [5.74, 6) is 0.613. The Balaban J connectivity index is 2.03. The third-order valence-electron chi connectivity index (χ3n) is 4.06. The number of ether oxygens (including phenoxy) is 1. The van der Waals surface area contributed by atoms with Crippen LogP contribution in [0.5, 0.6) is 0 Å². The van der Waals surface area contributed by atoms with E-state index in [1.165, 1.54) is 0 Å². The molecule has 0 bridgehead atoms.